The van der Waals surface area contributed by atoms with Crippen LogP contribution in [0.15, 0.2) is 30.6 Å². The van der Waals surface area contributed by atoms with Gasteiger partial charge in [0.1, 0.15) is 0 Å². The average molecular weight is 265 g/mol. The third-order valence-electron chi connectivity index (χ3n) is 1.79. The van der Waals surface area contributed by atoms with Gasteiger partial charge < -0.3 is 0 Å². The molecule has 1 unspecified atom stereocenters. The molecule has 0 fully saturated rings. The van der Waals surface area contributed by atoms with Crippen LogP contribution in [0.1, 0.15) is 10.4 Å². The van der Waals surface area contributed by atoms with E-state index in [2.05, 4.69) is 15.2 Å². The molecule has 1 aromatic carbocycles. The van der Waals surface area contributed by atoms with Crippen LogP contribution < -0.4 is 4.61 Å². The Hall–Kier alpha value is -1.61. The number of benzene rings is 1. The van der Waals surface area contributed by atoms with E-state index >= 15 is 0 Å². The van der Waals surface area contributed by atoms with Crippen LogP contribution in [0.2, 0.25) is 0 Å². The van der Waals surface area contributed by atoms with E-state index in [0.717, 1.165) is 0 Å². The Kier molecular flexibility index (Phi) is 2.83. The first-order valence-corrected chi connectivity index (χ1v) is 6.32. The van der Waals surface area contributed by atoms with Crippen molar-refractivity contribution in [3.05, 3.63) is 36.2 Å². The second kappa shape index (κ2) is 4.27. The molecule has 0 bridgehead atoms. The summed E-state index contributed by atoms with van der Waals surface area (Å²) in [5.74, 6) is 0.0155. The van der Waals surface area contributed by atoms with Gasteiger partial charge in [-0.2, -0.15) is 0 Å². The number of carbonyl (C=O) groups excluding carboxylic acids is 1. The summed E-state index contributed by atoms with van der Waals surface area (Å²) in [5.41, 5.74) is 0.349. The summed E-state index contributed by atoms with van der Waals surface area (Å²) in [6, 6.07) is 6.50. The molecule has 0 aliphatic rings. The number of nitrogens with one attached hydrogen (secondary N) is 1. The van der Waals surface area contributed by atoms with E-state index in [0.29, 0.717) is 10.2 Å². The third kappa shape index (κ3) is 2.25. The Balaban J connectivity index is 2.19. The first-order chi connectivity index (χ1) is 7.27. The average Bonchev–Trinajstić information content (AvgIpc) is 2.71. The van der Waals surface area contributed by atoms with Crippen LogP contribution in [-0.2, 0) is 0 Å². The predicted molar refractivity (Wildman–Crippen MR) is 55.6 cm³/mol. The molecule has 1 heterocycles. The monoisotopic (exact) mass is 265 g/mol. The molecule has 76 valence electrons. The molecule has 0 aliphatic heterocycles. The standard InChI is InChI=1S/C9H8AsN3O2/c14-7-4-2-1-3-6(7)8(15)10-9-11-5-12-13-9/h1-5,10,14H,(H,11,12,13). The number of aromatic amines is 1. The van der Waals surface area contributed by atoms with E-state index in [1.807, 2.05) is 0 Å². The van der Waals surface area contributed by atoms with E-state index in [4.69, 9.17) is 0 Å². The first-order valence-electron chi connectivity index (χ1n) is 4.22. The maximum atomic E-state index is 11.7. The molecular weight excluding hydrogens is 257 g/mol. The SMILES string of the molecule is O=C([AsH]c1nc[nH]n1)c1ccccc1O. The first kappa shape index (κ1) is 9.93. The van der Waals surface area contributed by atoms with Crippen LogP contribution in [0.5, 0.6) is 5.75 Å². The van der Waals surface area contributed by atoms with Gasteiger partial charge in [-0.05, 0) is 0 Å². The maximum absolute atomic E-state index is 11.7. The summed E-state index contributed by atoms with van der Waals surface area (Å²) in [7, 11) is 0. The number of para-hydroxylation sites is 1. The van der Waals surface area contributed by atoms with Crippen molar-refractivity contribution in [3.63, 3.8) is 0 Å². The summed E-state index contributed by atoms with van der Waals surface area (Å²) in [4.78, 5) is 15.6. The quantitative estimate of drug-likeness (QED) is 0.727. The van der Waals surface area contributed by atoms with Gasteiger partial charge in [0.2, 0.25) is 0 Å². The number of phenols is 1. The zero-order valence-electron chi connectivity index (χ0n) is 7.64. The summed E-state index contributed by atoms with van der Waals surface area (Å²) in [5, 5.41) is 15.8. The zero-order chi connectivity index (χ0) is 10.7. The van der Waals surface area contributed by atoms with E-state index in [-0.39, 0.29) is 10.3 Å². The summed E-state index contributed by atoms with van der Waals surface area (Å²) in [6.07, 6.45) is 1.44. The van der Waals surface area contributed by atoms with Gasteiger partial charge in [0, 0.05) is 0 Å². The Morgan fingerprint density at radius 3 is 2.87 bits per heavy atom. The fourth-order valence-electron chi connectivity index (χ4n) is 1.10. The minimum atomic E-state index is -1.09. The Labute approximate surface area is 92.2 Å². The number of hydrogen-bond acceptors (Lipinski definition) is 4. The van der Waals surface area contributed by atoms with Crippen LogP contribution in [0.3, 0.4) is 0 Å². The number of nitrogens with zero attached hydrogens (tertiary/aromatic N) is 2. The van der Waals surface area contributed by atoms with Gasteiger partial charge in [0.05, 0.1) is 0 Å². The molecule has 0 saturated carbocycles. The van der Waals surface area contributed by atoms with E-state index < -0.39 is 15.8 Å². The molecule has 2 N–H and O–H groups in total. The molecule has 15 heavy (non-hydrogen) atoms. The van der Waals surface area contributed by atoms with Crippen molar-refractivity contribution in [2.75, 3.05) is 0 Å². The number of H-pyrrole nitrogens is 1. The van der Waals surface area contributed by atoms with Gasteiger partial charge in [0.25, 0.3) is 0 Å². The van der Waals surface area contributed by atoms with E-state index in [9.17, 15) is 9.90 Å². The van der Waals surface area contributed by atoms with Crippen LogP contribution in [-0.4, -0.2) is 40.6 Å². The van der Waals surface area contributed by atoms with Gasteiger partial charge >= 0.3 is 91.9 Å². The molecule has 1 aromatic heterocycles. The van der Waals surface area contributed by atoms with Crippen molar-refractivity contribution in [2.45, 2.75) is 0 Å². The Morgan fingerprint density at radius 2 is 2.20 bits per heavy atom. The van der Waals surface area contributed by atoms with Gasteiger partial charge in [-0.25, -0.2) is 0 Å². The molecule has 0 saturated heterocycles. The molecule has 1 atom stereocenters. The van der Waals surface area contributed by atoms with E-state index in [1.54, 1.807) is 18.2 Å². The normalized spacial score (nSPS) is 10.9. The summed E-state index contributed by atoms with van der Waals surface area (Å²) < 4.78 is 0.468. The second-order valence-electron chi connectivity index (χ2n) is 2.79. The van der Waals surface area contributed by atoms with Crippen molar-refractivity contribution in [2.24, 2.45) is 0 Å². The third-order valence-corrected chi connectivity index (χ3v) is 3.81. The summed E-state index contributed by atoms with van der Waals surface area (Å²) in [6.45, 7) is 0. The molecule has 0 amide bonds. The van der Waals surface area contributed by atoms with Crippen molar-refractivity contribution in [3.8, 4) is 5.75 Å². The molecule has 0 radical (unpaired) electrons. The van der Waals surface area contributed by atoms with Crippen molar-refractivity contribution in [1.29, 1.82) is 0 Å². The van der Waals surface area contributed by atoms with Crippen molar-refractivity contribution in [1.82, 2.24) is 15.2 Å². The van der Waals surface area contributed by atoms with Crippen LogP contribution in [0, 0.1) is 0 Å². The molecule has 2 aromatic rings. The number of carbonyl (C=O) groups is 1. The summed E-state index contributed by atoms with van der Waals surface area (Å²) >= 11 is -1.09. The van der Waals surface area contributed by atoms with E-state index in [1.165, 1.54) is 12.4 Å². The molecule has 0 aliphatic carbocycles. The molecule has 0 spiro atoms. The fourth-order valence-corrected chi connectivity index (χ4v) is 2.78. The van der Waals surface area contributed by atoms with Gasteiger partial charge in [-0.1, -0.05) is 0 Å². The molecule has 6 heteroatoms. The zero-order valence-corrected chi connectivity index (χ0v) is 9.73. The Morgan fingerprint density at radius 1 is 1.40 bits per heavy atom. The van der Waals surface area contributed by atoms with Gasteiger partial charge in [-0.3, -0.25) is 0 Å². The Bertz CT molecular complexity index is 470. The minimum absolute atomic E-state index is 0.0155. The van der Waals surface area contributed by atoms with Crippen LogP contribution in [0.25, 0.3) is 0 Å². The van der Waals surface area contributed by atoms with Crippen LogP contribution >= 0.6 is 0 Å². The number of hydrogen-bond donors (Lipinski definition) is 2. The van der Waals surface area contributed by atoms with Crippen LogP contribution in [0.4, 0.5) is 0 Å². The van der Waals surface area contributed by atoms with Crippen molar-refractivity contribution >= 4 is 24.9 Å². The van der Waals surface area contributed by atoms with Crippen molar-refractivity contribution < 1.29 is 9.90 Å². The molecular formula is C9H8AsN3O2. The number of phenolic OH excluding ortho intramolecular Hbond substituents is 1. The topological polar surface area (TPSA) is 78.9 Å². The molecule has 2 rings (SSSR count). The number of rotatable bonds is 3. The number of aromatic nitrogens is 3. The second-order valence-corrected chi connectivity index (χ2v) is 5.21. The predicted octanol–water partition coefficient (Wildman–Crippen LogP) is -0.588. The van der Waals surface area contributed by atoms with Gasteiger partial charge in [0.15, 0.2) is 0 Å². The fraction of sp³-hybridized carbons (Fsp3) is 0. The number of aromatic hydroxyl groups is 1. The van der Waals surface area contributed by atoms with Gasteiger partial charge in [-0.15, -0.1) is 0 Å². The molecule has 5 nitrogen and oxygen atoms in total.